The average molecular weight is 280 g/mol. The van der Waals surface area contributed by atoms with Crippen LogP contribution in [0.2, 0.25) is 5.02 Å². The summed E-state index contributed by atoms with van der Waals surface area (Å²) in [7, 11) is 0. The molecule has 2 aliphatic heterocycles. The lowest BCUT2D eigenvalue weighted by molar-refractivity contribution is 0.115. The van der Waals surface area contributed by atoms with E-state index in [1.807, 2.05) is 18.2 Å². The lowest BCUT2D eigenvalue weighted by Crippen LogP contribution is -2.59. The minimum Gasteiger partial charge on any atom is -0.397 e. The van der Waals surface area contributed by atoms with Gasteiger partial charge in [0.05, 0.1) is 16.4 Å². The number of benzene rings is 1. The van der Waals surface area contributed by atoms with Gasteiger partial charge in [-0.1, -0.05) is 24.1 Å². The summed E-state index contributed by atoms with van der Waals surface area (Å²) >= 11 is 6.37. The first kappa shape index (κ1) is 13.1. The van der Waals surface area contributed by atoms with Crippen molar-refractivity contribution in [3.05, 3.63) is 23.2 Å². The van der Waals surface area contributed by atoms with Gasteiger partial charge in [0, 0.05) is 25.2 Å². The number of hydrogen-bond acceptors (Lipinski definition) is 3. The van der Waals surface area contributed by atoms with Crippen LogP contribution in [0.25, 0.3) is 0 Å². The number of piperazine rings is 1. The summed E-state index contributed by atoms with van der Waals surface area (Å²) in [4.78, 5) is 5.04. The van der Waals surface area contributed by atoms with Crippen LogP contribution in [0, 0.1) is 0 Å². The normalized spacial score (nSPS) is 28.2. The van der Waals surface area contributed by atoms with Crippen molar-refractivity contribution in [2.45, 2.75) is 38.3 Å². The molecule has 2 fully saturated rings. The van der Waals surface area contributed by atoms with Gasteiger partial charge in [0.1, 0.15) is 0 Å². The Balaban J connectivity index is 1.88. The number of anilines is 2. The first-order valence-electron chi connectivity index (χ1n) is 7.21. The molecule has 0 amide bonds. The van der Waals surface area contributed by atoms with Crippen molar-refractivity contribution >= 4 is 23.0 Å². The predicted octanol–water partition coefficient (Wildman–Crippen LogP) is 2.99. The third kappa shape index (κ3) is 2.41. The Kier molecular flexibility index (Phi) is 3.59. The monoisotopic (exact) mass is 279 g/mol. The second-order valence-corrected chi connectivity index (χ2v) is 6.23. The molecule has 0 radical (unpaired) electrons. The number of piperidine rings is 1. The van der Waals surface area contributed by atoms with E-state index in [0.717, 1.165) is 29.5 Å². The summed E-state index contributed by atoms with van der Waals surface area (Å²) < 4.78 is 0. The van der Waals surface area contributed by atoms with Crippen molar-refractivity contribution in [2.24, 2.45) is 0 Å². The van der Waals surface area contributed by atoms with Crippen LogP contribution in [0.5, 0.6) is 0 Å². The summed E-state index contributed by atoms with van der Waals surface area (Å²) in [6, 6.07) is 6.94. The Morgan fingerprint density at radius 1 is 1.26 bits per heavy atom. The highest BCUT2D eigenvalue weighted by Crippen LogP contribution is 2.36. The van der Waals surface area contributed by atoms with E-state index in [-0.39, 0.29) is 0 Å². The Morgan fingerprint density at radius 2 is 2.11 bits per heavy atom. The smallest absolute Gasteiger partial charge is 0.0792 e. The molecule has 2 N–H and O–H groups in total. The van der Waals surface area contributed by atoms with Gasteiger partial charge in [0.2, 0.25) is 0 Å². The molecule has 0 saturated carbocycles. The Bertz CT molecular complexity index is 442. The summed E-state index contributed by atoms with van der Waals surface area (Å²) in [5.74, 6) is 0. The van der Waals surface area contributed by atoms with Gasteiger partial charge in [-0.3, -0.25) is 4.90 Å². The third-order valence-electron chi connectivity index (χ3n) is 4.49. The van der Waals surface area contributed by atoms with Crippen LogP contribution < -0.4 is 10.6 Å². The summed E-state index contributed by atoms with van der Waals surface area (Å²) in [6.45, 7) is 5.69. The minimum atomic E-state index is 0.469. The van der Waals surface area contributed by atoms with E-state index in [1.54, 1.807) is 0 Å². The quantitative estimate of drug-likeness (QED) is 0.802. The van der Waals surface area contributed by atoms with E-state index in [0.29, 0.717) is 12.1 Å². The molecule has 2 heterocycles. The van der Waals surface area contributed by atoms with E-state index >= 15 is 0 Å². The SMILES string of the molecule is CC1CN2CCCCC2CN1c1c(N)cccc1Cl. The number of fused-ring (bicyclic) bond motifs is 1. The van der Waals surface area contributed by atoms with Gasteiger partial charge >= 0.3 is 0 Å². The molecule has 2 aliphatic rings. The fourth-order valence-electron chi connectivity index (χ4n) is 3.50. The summed E-state index contributed by atoms with van der Waals surface area (Å²) in [6.07, 6.45) is 3.99. The van der Waals surface area contributed by atoms with Crippen LogP contribution in [-0.2, 0) is 0 Å². The third-order valence-corrected chi connectivity index (χ3v) is 4.80. The van der Waals surface area contributed by atoms with E-state index in [4.69, 9.17) is 17.3 Å². The van der Waals surface area contributed by atoms with Crippen LogP contribution in [0.15, 0.2) is 18.2 Å². The van der Waals surface area contributed by atoms with Crippen molar-refractivity contribution in [3.8, 4) is 0 Å². The van der Waals surface area contributed by atoms with Crippen molar-refractivity contribution < 1.29 is 0 Å². The van der Waals surface area contributed by atoms with Gasteiger partial charge in [0.25, 0.3) is 0 Å². The van der Waals surface area contributed by atoms with E-state index in [2.05, 4.69) is 16.7 Å². The van der Waals surface area contributed by atoms with E-state index in [9.17, 15) is 0 Å². The second-order valence-electron chi connectivity index (χ2n) is 5.82. The second kappa shape index (κ2) is 5.22. The van der Waals surface area contributed by atoms with Crippen LogP contribution in [0.4, 0.5) is 11.4 Å². The molecule has 3 rings (SSSR count). The number of nitrogens with two attached hydrogens (primary N) is 1. The average Bonchev–Trinajstić information content (AvgIpc) is 2.39. The molecule has 2 saturated heterocycles. The van der Waals surface area contributed by atoms with E-state index < -0.39 is 0 Å². The number of nitrogen functional groups attached to an aromatic ring is 1. The van der Waals surface area contributed by atoms with Gasteiger partial charge < -0.3 is 10.6 Å². The lowest BCUT2D eigenvalue weighted by atomic mass is 9.96. The molecule has 0 bridgehead atoms. The molecule has 0 spiro atoms. The van der Waals surface area contributed by atoms with Crippen LogP contribution in [-0.4, -0.2) is 36.6 Å². The molecular formula is C15H22ClN3. The van der Waals surface area contributed by atoms with Gasteiger partial charge in [-0.15, -0.1) is 0 Å². The number of hydrogen-bond donors (Lipinski definition) is 1. The maximum Gasteiger partial charge on any atom is 0.0792 e. The molecule has 1 aromatic rings. The molecule has 104 valence electrons. The van der Waals surface area contributed by atoms with Crippen molar-refractivity contribution in [1.82, 2.24) is 4.90 Å². The van der Waals surface area contributed by atoms with Crippen molar-refractivity contribution in [3.63, 3.8) is 0 Å². The molecule has 3 nitrogen and oxygen atoms in total. The lowest BCUT2D eigenvalue weighted by Gasteiger charge is -2.48. The van der Waals surface area contributed by atoms with Gasteiger partial charge in [-0.2, -0.15) is 0 Å². The maximum atomic E-state index is 6.37. The van der Waals surface area contributed by atoms with Crippen LogP contribution in [0.3, 0.4) is 0 Å². The minimum absolute atomic E-state index is 0.469. The fraction of sp³-hybridized carbons (Fsp3) is 0.600. The van der Waals surface area contributed by atoms with Crippen LogP contribution in [0.1, 0.15) is 26.2 Å². The van der Waals surface area contributed by atoms with Gasteiger partial charge in [0.15, 0.2) is 0 Å². The van der Waals surface area contributed by atoms with Gasteiger partial charge in [-0.25, -0.2) is 0 Å². The summed E-state index contributed by atoms with van der Waals surface area (Å²) in [5.41, 5.74) is 7.97. The Labute approximate surface area is 120 Å². The number of halogens is 1. The maximum absolute atomic E-state index is 6.37. The standard InChI is InChI=1S/C15H22ClN3/c1-11-9-18-8-3-2-5-12(18)10-19(11)15-13(16)6-4-7-14(15)17/h4,6-7,11-12H,2-3,5,8-10,17H2,1H3. The first-order chi connectivity index (χ1) is 9.16. The fourth-order valence-corrected chi connectivity index (χ4v) is 3.79. The topological polar surface area (TPSA) is 32.5 Å². The highest BCUT2D eigenvalue weighted by molar-refractivity contribution is 6.34. The zero-order valence-corrected chi connectivity index (χ0v) is 12.2. The van der Waals surface area contributed by atoms with Crippen molar-refractivity contribution in [1.29, 1.82) is 0 Å². The predicted molar refractivity (Wildman–Crippen MR) is 81.9 cm³/mol. The molecule has 4 heteroatoms. The zero-order chi connectivity index (χ0) is 13.4. The van der Waals surface area contributed by atoms with E-state index in [1.165, 1.54) is 25.8 Å². The molecule has 2 atom stereocenters. The highest BCUT2D eigenvalue weighted by Gasteiger charge is 2.34. The number of rotatable bonds is 1. The zero-order valence-electron chi connectivity index (χ0n) is 11.5. The number of para-hydroxylation sites is 1. The highest BCUT2D eigenvalue weighted by atomic mass is 35.5. The molecule has 1 aromatic carbocycles. The molecule has 0 aliphatic carbocycles. The Morgan fingerprint density at radius 3 is 2.89 bits per heavy atom. The molecule has 19 heavy (non-hydrogen) atoms. The van der Waals surface area contributed by atoms with Crippen LogP contribution >= 0.6 is 11.6 Å². The Hall–Kier alpha value is -0.930. The van der Waals surface area contributed by atoms with Gasteiger partial charge in [-0.05, 0) is 38.4 Å². The molecular weight excluding hydrogens is 258 g/mol. The summed E-state index contributed by atoms with van der Waals surface area (Å²) in [5, 5.41) is 0.774. The first-order valence-corrected chi connectivity index (χ1v) is 7.59. The molecule has 2 unspecified atom stereocenters. The van der Waals surface area contributed by atoms with Crippen molar-refractivity contribution in [2.75, 3.05) is 30.3 Å². The molecule has 0 aromatic heterocycles. The number of nitrogens with zero attached hydrogens (tertiary/aromatic N) is 2. The largest absolute Gasteiger partial charge is 0.397 e.